The van der Waals surface area contributed by atoms with Crippen molar-refractivity contribution in [3.63, 3.8) is 0 Å². The lowest BCUT2D eigenvalue weighted by Gasteiger charge is -2.36. The van der Waals surface area contributed by atoms with Gasteiger partial charge in [0.25, 0.3) is 0 Å². The minimum absolute atomic E-state index is 0.0710. The summed E-state index contributed by atoms with van der Waals surface area (Å²) in [4.78, 5) is 0. The third-order valence-electron chi connectivity index (χ3n) is 2.81. The van der Waals surface area contributed by atoms with Crippen LogP contribution in [0.3, 0.4) is 0 Å². The molecule has 1 N–H and O–H groups in total. The van der Waals surface area contributed by atoms with Gasteiger partial charge in [0.2, 0.25) is 0 Å². The molecule has 2 fully saturated rings. The van der Waals surface area contributed by atoms with Crippen molar-refractivity contribution in [3.05, 3.63) is 0 Å². The molecule has 0 amide bonds. The molecule has 4 nitrogen and oxygen atoms in total. The molecule has 2 saturated heterocycles. The van der Waals surface area contributed by atoms with E-state index in [4.69, 9.17) is 14.2 Å². The molecule has 0 aromatic rings. The molecular weight excluding hydrogens is 194 g/mol. The van der Waals surface area contributed by atoms with Gasteiger partial charge in [-0.1, -0.05) is 0 Å². The highest BCUT2D eigenvalue weighted by molar-refractivity contribution is 4.81. The van der Waals surface area contributed by atoms with Crippen LogP contribution in [0.15, 0.2) is 0 Å². The normalized spacial score (nSPS) is 35.6. The molecule has 0 saturated carbocycles. The summed E-state index contributed by atoms with van der Waals surface area (Å²) in [6, 6.07) is 0. The zero-order valence-electron chi connectivity index (χ0n) is 9.62. The van der Waals surface area contributed by atoms with Crippen molar-refractivity contribution in [1.29, 1.82) is 0 Å². The fraction of sp³-hybridized carbons (Fsp3) is 1.00. The minimum atomic E-state index is -0.0710. The highest BCUT2D eigenvalue weighted by atomic mass is 16.6. The van der Waals surface area contributed by atoms with Gasteiger partial charge in [-0.05, 0) is 20.3 Å². The summed E-state index contributed by atoms with van der Waals surface area (Å²) in [5, 5.41) is 3.36. The average Bonchev–Trinajstić information content (AvgIpc) is 2.65. The van der Waals surface area contributed by atoms with E-state index < -0.39 is 0 Å². The van der Waals surface area contributed by atoms with Crippen LogP contribution in [0.4, 0.5) is 0 Å². The van der Waals surface area contributed by atoms with E-state index in [2.05, 4.69) is 19.2 Å². The lowest BCUT2D eigenvalue weighted by Crippen LogP contribution is -2.52. The van der Waals surface area contributed by atoms with E-state index in [1.807, 2.05) is 0 Å². The zero-order chi connectivity index (χ0) is 10.7. The van der Waals surface area contributed by atoms with E-state index in [1.54, 1.807) is 0 Å². The van der Waals surface area contributed by atoms with E-state index in [0.717, 1.165) is 32.7 Å². The predicted octanol–water partition coefficient (Wildman–Crippen LogP) is 0.559. The number of ether oxygens (including phenoxy) is 3. The zero-order valence-corrected chi connectivity index (χ0v) is 9.62. The lowest BCUT2D eigenvalue weighted by molar-refractivity contribution is -0.129. The molecule has 0 radical (unpaired) electrons. The summed E-state index contributed by atoms with van der Waals surface area (Å²) in [5.41, 5.74) is -0.0710. The number of rotatable bonds is 3. The predicted molar refractivity (Wildman–Crippen MR) is 57.0 cm³/mol. The average molecular weight is 215 g/mol. The molecule has 2 aliphatic rings. The van der Waals surface area contributed by atoms with Crippen molar-refractivity contribution >= 4 is 0 Å². The second kappa shape index (κ2) is 4.78. The maximum absolute atomic E-state index is 5.91. The summed E-state index contributed by atoms with van der Waals surface area (Å²) >= 11 is 0. The Bertz CT molecular complexity index is 202. The number of morpholine rings is 1. The summed E-state index contributed by atoms with van der Waals surface area (Å²) in [7, 11) is 0. The van der Waals surface area contributed by atoms with Gasteiger partial charge < -0.3 is 19.5 Å². The van der Waals surface area contributed by atoms with Crippen molar-refractivity contribution in [1.82, 2.24) is 5.32 Å². The van der Waals surface area contributed by atoms with Gasteiger partial charge >= 0.3 is 0 Å². The van der Waals surface area contributed by atoms with Crippen LogP contribution in [-0.4, -0.2) is 50.7 Å². The van der Waals surface area contributed by atoms with Crippen molar-refractivity contribution in [2.45, 2.75) is 38.1 Å². The third-order valence-corrected chi connectivity index (χ3v) is 2.81. The van der Waals surface area contributed by atoms with Gasteiger partial charge in [0.05, 0.1) is 31.0 Å². The Morgan fingerprint density at radius 1 is 1.47 bits per heavy atom. The SMILES string of the molecule is CC1(C)CNCC(COC2CCOC2)O1. The van der Waals surface area contributed by atoms with E-state index in [1.165, 1.54) is 0 Å². The monoisotopic (exact) mass is 215 g/mol. The summed E-state index contributed by atoms with van der Waals surface area (Å²) < 4.78 is 16.9. The molecule has 0 aliphatic carbocycles. The Hall–Kier alpha value is -0.160. The molecule has 0 spiro atoms. The van der Waals surface area contributed by atoms with Crippen LogP contribution in [0, 0.1) is 0 Å². The molecule has 0 aromatic heterocycles. The molecule has 2 heterocycles. The van der Waals surface area contributed by atoms with Crippen LogP contribution >= 0.6 is 0 Å². The van der Waals surface area contributed by atoms with Crippen LogP contribution in [0.1, 0.15) is 20.3 Å². The maximum atomic E-state index is 5.91. The standard InChI is InChI=1S/C11H21NO3/c1-11(2)8-12-5-10(15-11)7-14-9-3-4-13-6-9/h9-10,12H,3-8H2,1-2H3. The lowest BCUT2D eigenvalue weighted by atomic mass is 10.1. The topological polar surface area (TPSA) is 39.7 Å². The largest absolute Gasteiger partial charge is 0.379 e. The van der Waals surface area contributed by atoms with Gasteiger partial charge in [-0.2, -0.15) is 0 Å². The fourth-order valence-electron chi connectivity index (χ4n) is 2.05. The molecular formula is C11H21NO3. The number of hydrogen-bond acceptors (Lipinski definition) is 4. The van der Waals surface area contributed by atoms with Crippen molar-refractivity contribution < 1.29 is 14.2 Å². The third kappa shape index (κ3) is 3.41. The first-order chi connectivity index (χ1) is 7.16. The Labute approximate surface area is 91.3 Å². The van der Waals surface area contributed by atoms with Crippen LogP contribution in [0.2, 0.25) is 0 Å². The molecule has 15 heavy (non-hydrogen) atoms. The van der Waals surface area contributed by atoms with E-state index in [0.29, 0.717) is 6.61 Å². The van der Waals surface area contributed by atoms with Gasteiger partial charge in [0, 0.05) is 19.7 Å². The first-order valence-corrected chi connectivity index (χ1v) is 5.74. The number of hydrogen-bond donors (Lipinski definition) is 1. The second-order valence-electron chi connectivity index (χ2n) is 4.95. The molecule has 0 bridgehead atoms. The van der Waals surface area contributed by atoms with Crippen molar-refractivity contribution in [2.24, 2.45) is 0 Å². The highest BCUT2D eigenvalue weighted by Gasteiger charge is 2.29. The molecule has 88 valence electrons. The Kier molecular flexibility index (Phi) is 3.61. The van der Waals surface area contributed by atoms with Crippen molar-refractivity contribution in [3.8, 4) is 0 Å². The van der Waals surface area contributed by atoms with Crippen LogP contribution in [0.5, 0.6) is 0 Å². The van der Waals surface area contributed by atoms with Gasteiger partial charge in [-0.15, -0.1) is 0 Å². The van der Waals surface area contributed by atoms with E-state index in [9.17, 15) is 0 Å². The quantitative estimate of drug-likeness (QED) is 0.746. The Balaban J connectivity index is 1.69. The van der Waals surface area contributed by atoms with Gasteiger partial charge in [-0.3, -0.25) is 0 Å². The maximum Gasteiger partial charge on any atom is 0.0940 e. The summed E-state index contributed by atoms with van der Waals surface area (Å²) in [6.07, 6.45) is 1.47. The summed E-state index contributed by atoms with van der Waals surface area (Å²) in [5.74, 6) is 0. The van der Waals surface area contributed by atoms with Crippen LogP contribution in [-0.2, 0) is 14.2 Å². The molecule has 0 aromatic carbocycles. The molecule has 2 unspecified atom stereocenters. The van der Waals surface area contributed by atoms with E-state index in [-0.39, 0.29) is 17.8 Å². The number of nitrogens with one attached hydrogen (secondary N) is 1. The Morgan fingerprint density at radius 3 is 3.00 bits per heavy atom. The summed E-state index contributed by atoms with van der Waals surface area (Å²) in [6.45, 7) is 8.25. The smallest absolute Gasteiger partial charge is 0.0940 e. The molecule has 2 aliphatic heterocycles. The minimum Gasteiger partial charge on any atom is -0.379 e. The van der Waals surface area contributed by atoms with Gasteiger partial charge in [0.15, 0.2) is 0 Å². The second-order valence-corrected chi connectivity index (χ2v) is 4.95. The molecule has 2 atom stereocenters. The Morgan fingerprint density at radius 2 is 2.33 bits per heavy atom. The van der Waals surface area contributed by atoms with Crippen molar-refractivity contribution in [2.75, 3.05) is 32.9 Å². The van der Waals surface area contributed by atoms with Gasteiger partial charge in [0.1, 0.15) is 0 Å². The molecule has 4 heteroatoms. The highest BCUT2D eigenvalue weighted by Crippen LogP contribution is 2.16. The van der Waals surface area contributed by atoms with E-state index >= 15 is 0 Å². The first-order valence-electron chi connectivity index (χ1n) is 5.74. The van der Waals surface area contributed by atoms with Crippen LogP contribution in [0.25, 0.3) is 0 Å². The molecule has 2 rings (SSSR count). The van der Waals surface area contributed by atoms with Crippen LogP contribution < -0.4 is 5.32 Å². The van der Waals surface area contributed by atoms with Gasteiger partial charge in [-0.25, -0.2) is 0 Å². The first kappa shape index (κ1) is 11.3. The fourth-order valence-corrected chi connectivity index (χ4v) is 2.05.